The minimum absolute atomic E-state index is 0.0460. The molecular weight excluding hydrogens is 330 g/mol. The van der Waals surface area contributed by atoms with E-state index in [2.05, 4.69) is 30.8 Å². The van der Waals surface area contributed by atoms with Gasteiger partial charge in [-0.2, -0.15) is 5.10 Å². The fourth-order valence-corrected chi connectivity index (χ4v) is 2.49. The molecule has 2 rings (SSSR count). The number of benzene rings is 1. The molecule has 0 saturated carbocycles. The smallest absolute Gasteiger partial charge is 0.240 e. The second-order valence-electron chi connectivity index (χ2n) is 7.09. The van der Waals surface area contributed by atoms with Crippen LogP contribution in [0.25, 0.3) is 11.4 Å². The summed E-state index contributed by atoms with van der Waals surface area (Å²) in [6, 6.07) is 8.00. The number of guanidine groups is 1. The zero-order valence-electron chi connectivity index (χ0n) is 16.0. The van der Waals surface area contributed by atoms with Crippen molar-refractivity contribution < 1.29 is 4.79 Å². The number of carbonyl (C=O) groups excluding carboxylic acids is 1. The van der Waals surface area contributed by atoms with Gasteiger partial charge in [0.15, 0.2) is 11.8 Å². The average Bonchev–Trinajstić information content (AvgIpc) is 3.08. The molecule has 0 aliphatic carbocycles. The number of carbonyl (C=O) groups is 1. The van der Waals surface area contributed by atoms with Gasteiger partial charge < -0.3 is 15.5 Å². The number of rotatable bonds is 5. The molecule has 1 aromatic carbocycles. The minimum atomic E-state index is -0.254. The van der Waals surface area contributed by atoms with Crippen LogP contribution < -0.4 is 10.6 Å². The second kappa shape index (κ2) is 8.46. The standard InChI is InChI=1S/C18H27N7O/c1-18(2,3)23-15(26)11-25(5)17(19-4)20-10-13-7-6-8-14(9-13)16-21-12-22-24-16/h6-9,12H,10-11H2,1-5H3,(H,19,20)(H,23,26)(H,21,22,24). The Kier molecular flexibility index (Phi) is 6.32. The van der Waals surface area contributed by atoms with Gasteiger partial charge in [0.05, 0.1) is 6.54 Å². The lowest BCUT2D eigenvalue weighted by molar-refractivity contribution is -0.122. The van der Waals surface area contributed by atoms with Crippen LogP contribution in [0.1, 0.15) is 26.3 Å². The van der Waals surface area contributed by atoms with Gasteiger partial charge in [0.2, 0.25) is 5.91 Å². The highest BCUT2D eigenvalue weighted by Crippen LogP contribution is 2.15. The molecule has 0 atom stereocenters. The maximum Gasteiger partial charge on any atom is 0.240 e. The molecule has 0 aliphatic rings. The molecule has 3 N–H and O–H groups in total. The van der Waals surface area contributed by atoms with Gasteiger partial charge in [-0.3, -0.25) is 14.9 Å². The number of H-pyrrole nitrogens is 1. The summed E-state index contributed by atoms with van der Waals surface area (Å²) in [5.74, 6) is 1.33. The Morgan fingerprint density at radius 3 is 2.73 bits per heavy atom. The fraction of sp³-hybridized carbons (Fsp3) is 0.444. The SMILES string of the molecule is CN=C(NCc1cccc(-c2ncn[nH]2)c1)N(C)CC(=O)NC(C)(C)C. The summed E-state index contributed by atoms with van der Waals surface area (Å²) in [6.45, 7) is 6.69. The Balaban J connectivity index is 1.94. The van der Waals surface area contributed by atoms with Gasteiger partial charge in [0, 0.05) is 31.7 Å². The van der Waals surface area contributed by atoms with Crippen molar-refractivity contribution in [2.75, 3.05) is 20.6 Å². The molecule has 0 unspecified atom stereocenters. The lowest BCUT2D eigenvalue weighted by atomic mass is 10.1. The predicted molar refractivity (Wildman–Crippen MR) is 103 cm³/mol. The van der Waals surface area contributed by atoms with Crippen LogP contribution in [0.15, 0.2) is 35.6 Å². The van der Waals surface area contributed by atoms with E-state index in [1.165, 1.54) is 6.33 Å². The van der Waals surface area contributed by atoms with Gasteiger partial charge in [-0.25, -0.2) is 4.98 Å². The number of amides is 1. The molecule has 1 aromatic heterocycles. The number of hydrogen-bond acceptors (Lipinski definition) is 4. The normalized spacial score (nSPS) is 12.0. The largest absolute Gasteiger partial charge is 0.352 e. The van der Waals surface area contributed by atoms with Gasteiger partial charge >= 0.3 is 0 Å². The van der Waals surface area contributed by atoms with E-state index in [-0.39, 0.29) is 18.0 Å². The summed E-state index contributed by atoms with van der Waals surface area (Å²) in [5, 5.41) is 13.0. The zero-order valence-corrected chi connectivity index (χ0v) is 16.0. The molecule has 1 amide bonds. The molecule has 0 fully saturated rings. The molecule has 0 saturated heterocycles. The first-order chi connectivity index (χ1) is 12.3. The number of nitrogens with one attached hydrogen (secondary N) is 3. The van der Waals surface area contributed by atoms with E-state index < -0.39 is 0 Å². The van der Waals surface area contributed by atoms with Gasteiger partial charge in [0.25, 0.3) is 0 Å². The summed E-state index contributed by atoms with van der Waals surface area (Å²) in [5.41, 5.74) is 1.79. The third-order valence-corrected chi connectivity index (χ3v) is 3.53. The third-order valence-electron chi connectivity index (χ3n) is 3.53. The fourth-order valence-electron chi connectivity index (χ4n) is 2.49. The number of aliphatic imine (C=N–C) groups is 1. The van der Waals surface area contributed by atoms with E-state index in [0.717, 1.165) is 17.0 Å². The van der Waals surface area contributed by atoms with E-state index in [1.807, 2.05) is 52.1 Å². The maximum absolute atomic E-state index is 12.1. The highest BCUT2D eigenvalue weighted by atomic mass is 16.2. The molecule has 8 heteroatoms. The molecule has 2 aromatic rings. The van der Waals surface area contributed by atoms with Crippen molar-refractivity contribution in [3.8, 4) is 11.4 Å². The van der Waals surface area contributed by atoms with Gasteiger partial charge in [0.1, 0.15) is 6.33 Å². The first kappa shape index (κ1) is 19.4. The lowest BCUT2D eigenvalue weighted by Gasteiger charge is -2.25. The molecule has 26 heavy (non-hydrogen) atoms. The Bertz CT molecular complexity index is 747. The van der Waals surface area contributed by atoms with Crippen LogP contribution in [0.3, 0.4) is 0 Å². The molecule has 140 valence electrons. The highest BCUT2D eigenvalue weighted by molar-refractivity contribution is 5.86. The number of aromatic nitrogens is 3. The van der Waals surface area contributed by atoms with E-state index in [0.29, 0.717) is 12.5 Å². The van der Waals surface area contributed by atoms with Crippen molar-refractivity contribution in [2.24, 2.45) is 4.99 Å². The summed E-state index contributed by atoms with van der Waals surface area (Å²) in [4.78, 5) is 22.3. The molecule has 1 heterocycles. The van der Waals surface area contributed by atoms with Crippen LogP contribution in [0, 0.1) is 0 Å². The summed E-state index contributed by atoms with van der Waals surface area (Å²) in [6.07, 6.45) is 1.49. The van der Waals surface area contributed by atoms with Crippen LogP contribution >= 0.6 is 0 Å². The Morgan fingerprint density at radius 1 is 1.35 bits per heavy atom. The van der Waals surface area contributed by atoms with Crippen LogP contribution in [0.4, 0.5) is 0 Å². The molecule has 8 nitrogen and oxygen atoms in total. The topological polar surface area (TPSA) is 98.3 Å². The van der Waals surface area contributed by atoms with Gasteiger partial charge in [-0.1, -0.05) is 18.2 Å². The van der Waals surface area contributed by atoms with Crippen molar-refractivity contribution in [1.29, 1.82) is 0 Å². The number of nitrogens with zero attached hydrogens (tertiary/aromatic N) is 4. The Labute approximate surface area is 154 Å². The lowest BCUT2D eigenvalue weighted by Crippen LogP contribution is -2.48. The van der Waals surface area contributed by atoms with Gasteiger partial charge in [-0.15, -0.1) is 0 Å². The van der Waals surface area contributed by atoms with Gasteiger partial charge in [-0.05, 0) is 32.4 Å². The molecule has 0 aliphatic heterocycles. The number of hydrogen-bond donors (Lipinski definition) is 3. The van der Waals surface area contributed by atoms with E-state index >= 15 is 0 Å². The van der Waals surface area contributed by atoms with E-state index in [4.69, 9.17) is 0 Å². The molecule has 0 radical (unpaired) electrons. The van der Waals surface area contributed by atoms with Crippen LogP contribution in [-0.2, 0) is 11.3 Å². The monoisotopic (exact) mass is 357 g/mol. The van der Waals surface area contributed by atoms with Crippen LogP contribution in [0.5, 0.6) is 0 Å². The highest BCUT2D eigenvalue weighted by Gasteiger charge is 2.16. The molecule has 0 spiro atoms. The first-order valence-corrected chi connectivity index (χ1v) is 8.46. The average molecular weight is 357 g/mol. The summed E-state index contributed by atoms with van der Waals surface area (Å²) < 4.78 is 0. The molecule has 0 bridgehead atoms. The predicted octanol–water partition coefficient (Wildman–Crippen LogP) is 1.39. The quantitative estimate of drug-likeness (QED) is 0.555. The number of aromatic amines is 1. The maximum atomic E-state index is 12.1. The van der Waals surface area contributed by atoms with Crippen molar-refractivity contribution in [2.45, 2.75) is 32.9 Å². The van der Waals surface area contributed by atoms with E-state index in [9.17, 15) is 4.79 Å². The summed E-state index contributed by atoms with van der Waals surface area (Å²) >= 11 is 0. The Hall–Kier alpha value is -2.90. The zero-order chi connectivity index (χ0) is 19.2. The minimum Gasteiger partial charge on any atom is -0.352 e. The van der Waals surface area contributed by atoms with Crippen molar-refractivity contribution in [1.82, 2.24) is 30.7 Å². The number of likely N-dealkylation sites (N-methyl/N-ethyl adjacent to an activating group) is 1. The molecular formula is C18H27N7O. The summed E-state index contributed by atoms with van der Waals surface area (Å²) in [7, 11) is 3.54. The Morgan fingerprint density at radius 2 is 2.12 bits per heavy atom. The third kappa shape index (κ3) is 5.87. The van der Waals surface area contributed by atoms with E-state index in [1.54, 1.807) is 11.9 Å². The van der Waals surface area contributed by atoms with Crippen LogP contribution in [0.2, 0.25) is 0 Å². The van der Waals surface area contributed by atoms with Crippen molar-refractivity contribution >= 4 is 11.9 Å². The first-order valence-electron chi connectivity index (χ1n) is 8.46. The van der Waals surface area contributed by atoms with Crippen molar-refractivity contribution in [3.05, 3.63) is 36.2 Å². The van der Waals surface area contributed by atoms with Crippen LogP contribution in [-0.4, -0.2) is 58.1 Å². The van der Waals surface area contributed by atoms with Crippen molar-refractivity contribution in [3.63, 3.8) is 0 Å². The second-order valence-corrected chi connectivity index (χ2v) is 7.09.